The summed E-state index contributed by atoms with van der Waals surface area (Å²) in [7, 11) is 1.14. The molecule has 1 aromatic rings. The van der Waals surface area contributed by atoms with Gasteiger partial charge in [-0.15, -0.1) is 0 Å². The van der Waals surface area contributed by atoms with Crippen molar-refractivity contribution >= 4 is 23.9 Å². The van der Waals surface area contributed by atoms with Crippen molar-refractivity contribution in [2.45, 2.75) is 65.3 Å². The minimum absolute atomic E-state index is 0.0362. The lowest BCUT2D eigenvalue weighted by molar-refractivity contribution is -0.146. The third-order valence-electron chi connectivity index (χ3n) is 4.85. The fraction of sp³-hybridized carbons (Fsp3) is 0.583. The summed E-state index contributed by atoms with van der Waals surface area (Å²) < 4.78 is 9.79. The van der Waals surface area contributed by atoms with Crippen molar-refractivity contribution in [1.29, 1.82) is 0 Å². The van der Waals surface area contributed by atoms with E-state index in [1.807, 2.05) is 58.0 Å². The number of carbonyl (C=O) groups is 4. The molecule has 3 amide bonds. The number of carbonyl (C=O) groups excluding carboxylic acids is 4. The smallest absolute Gasteiger partial charge is 0.408 e. The van der Waals surface area contributed by atoms with Crippen LogP contribution in [0, 0.1) is 11.8 Å². The summed E-state index contributed by atoms with van der Waals surface area (Å²) in [5, 5.41) is 17.0. The zero-order valence-corrected chi connectivity index (χ0v) is 20.5. The topological polar surface area (TPSA) is 143 Å². The largest absolute Gasteiger partial charge is 0.467 e. The lowest BCUT2D eigenvalue weighted by Crippen LogP contribution is -2.56. The summed E-state index contributed by atoms with van der Waals surface area (Å²) in [6.07, 6.45) is -0.145. The fourth-order valence-corrected chi connectivity index (χ4v) is 3.18. The Balaban J connectivity index is 2.86. The van der Waals surface area contributed by atoms with Crippen molar-refractivity contribution in [3.05, 3.63) is 35.9 Å². The molecule has 0 aliphatic rings. The molecule has 0 fully saturated rings. The predicted molar refractivity (Wildman–Crippen MR) is 125 cm³/mol. The number of ether oxygens (including phenoxy) is 2. The molecule has 1 aromatic carbocycles. The number of aliphatic hydroxyl groups excluding tert-OH is 1. The highest BCUT2D eigenvalue weighted by molar-refractivity contribution is 5.93. The number of benzene rings is 1. The van der Waals surface area contributed by atoms with Crippen LogP contribution < -0.4 is 16.0 Å². The molecule has 10 nitrogen and oxygen atoms in total. The van der Waals surface area contributed by atoms with Gasteiger partial charge in [0.25, 0.3) is 0 Å². The van der Waals surface area contributed by atoms with Crippen molar-refractivity contribution in [3.8, 4) is 0 Å². The van der Waals surface area contributed by atoms with Crippen LogP contribution in [0.5, 0.6) is 0 Å². The van der Waals surface area contributed by atoms with Crippen LogP contribution in [0.2, 0.25) is 0 Å². The van der Waals surface area contributed by atoms with Gasteiger partial charge in [-0.2, -0.15) is 0 Å². The number of alkyl carbamates (subject to hydrolysis) is 1. The molecule has 0 unspecified atom stereocenters. The van der Waals surface area contributed by atoms with Crippen LogP contribution in [0.3, 0.4) is 0 Å². The highest BCUT2D eigenvalue weighted by Crippen LogP contribution is 2.10. The average molecular weight is 480 g/mol. The molecule has 0 aliphatic carbocycles. The third kappa shape index (κ3) is 10.7. The van der Waals surface area contributed by atoms with Crippen molar-refractivity contribution in [1.82, 2.24) is 16.0 Å². The number of hydrogen-bond acceptors (Lipinski definition) is 7. The van der Waals surface area contributed by atoms with Crippen LogP contribution in [0.4, 0.5) is 4.79 Å². The van der Waals surface area contributed by atoms with Gasteiger partial charge in [-0.25, -0.2) is 9.59 Å². The SMILES string of the molecule is COC(=O)[C@@H](CO)NC(=O)[C@@H](CC(C)C)NC(=O)[C@@H](CC(C)C)NC(=O)OCc1ccccc1. The number of aliphatic hydroxyl groups is 1. The molecular formula is C24H37N3O7. The molecule has 4 N–H and O–H groups in total. The van der Waals surface area contributed by atoms with Crippen LogP contribution in [-0.4, -0.2) is 60.8 Å². The lowest BCUT2D eigenvalue weighted by atomic mass is 10.00. The van der Waals surface area contributed by atoms with Gasteiger partial charge in [-0.3, -0.25) is 9.59 Å². The van der Waals surface area contributed by atoms with Crippen molar-refractivity contribution < 1.29 is 33.8 Å². The van der Waals surface area contributed by atoms with E-state index in [2.05, 4.69) is 20.7 Å². The van der Waals surface area contributed by atoms with Gasteiger partial charge in [0.05, 0.1) is 13.7 Å². The number of rotatable bonds is 13. The first-order valence-corrected chi connectivity index (χ1v) is 11.3. The van der Waals surface area contributed by atoms with E-state index in [0.29, 0.717) is 6.42 Å². The average Bonchev–Trinajstić information content (AvgIpc) is 2.79. The minimum atomic E-state index is -1.25. The fourth-order valence-electron chi connectivity index (χ4n) is 3.18. The first kappa shape index (κ1) is 28.9. The summed E-state index contributed by atoms with van der Waals surface area (Å²) in [5.41, 5.74) is 0.806. The maximum Gasteiger partial charge on any atom is 0.408 e. The maximum absolute atomic E-state index is 13.0. The van der Waals surface area contributed by atoms with Crippen LogP contribution in [-0.2, 0) is 30.5 Å². The van der Waals surface area contributed by atoms with E-state index in [1.54, 1.807) is 0 Å². The molecule has 1 rings (SSSR count). The summed E-state index contributed by atoms with van der Waals surface area (Å²) >= 11 is 0. The Hall–Kier alpha value is -3.14. The van der Waals surface area contributed by atoms with Gasteiger partial charge in [0.1, 0.15) is 18.7 Å². The van der Waals surface area contributed by atoms with Crippen LogP contribution in [0.15, 0.2) is 30.3 Å². The van der Waals surface area contributed by atoms with E-state index in [9.17, 15) is 24.3 Å². The minimum Gasteiger partial charge on any atom is -0.467 e. The summed E-state index contributed by atoms with van der Waals surface area (Å²) in [6, 6.07) is 5.97. The number of esters is 1. The number of nitrogens with one attached hydrogen (secondary N) is 3. The van der Waals surface area contributed by atoms with E-state index >= 15 is 0 Å². The highest BCUT2D eigenvalue weighted by Gasteiger charge is 2.30. The normalized spacial score (nSPS) is 13.5. The number of methoxy groups -OCH3 is 1. The second-order valence-electron chi connectivity index (χ2n) is 8.85. The van der Waals surface area contributed by atoms with E-state index in [1.165, 1.54) is 0 Å². The Morgan fingerprint density at radius 2 is 1.32 bits per heavy atom. The first-order valence-electron chi connectivity index (χ1n) is 11.3. The van der Waals surface area contributed by atoms with E-state index < -0.39 is 48.6 Å². The molecule has 0 bridgehead atoms. The van der Waals surface area contributed by atoms with Gasteiger partial charge < -0.3 is 30.5 Å². The monoisotopic (exact) mass is 479 g/mol. The quantitative estimate of drug-likeness (QED) is 0.314. The molecule has 34 heavy (non-hydrogen) atoms. The number of amides is 3. The van der Waals surface area contributed by atoms with Gasteiger partial charge in [-0.05, 0) is 30.2 Å². The van der Waals surface area contributed by atoms with Crippen LogP contribution in [0.25, 0.3) is 0 Å². The Kier molecular flexibility index (Phi) is 12.7. The van der Waals surface area contributed by atoms with Gasteiger partial charge in [0.15, 0.2) is 6.04 Å². The zero-order valence-electron chi connectivity index (χ0n) is 20.5. The molecule has 0 saturated heterocycles. The molecule has 0 heterocycles. The Labute approximate surface area is 200 Å². The number of hydrogen-bond donors (Lipinski definition) is 4. The molecule has 0 aliphatic heterocycles. The van der Waals surface area contributed by atoms with Crippen molar-refractivity contribution in [3.63, 3.8) is 0 Å². The van der Waals surface area contributed by atoms with E-state index in [0.717, 1.165) is 12.7 Å². The maximum atomic E-state index is 13.0. The van der Waals surface area contributed by atoms with Crippen molar-refractivity contribution in [2.75, 3.05) is 13.7 Å². The third-order valence-corrected chi connectivity index (χ3v) is 4.85. The molecule has 10 heteroatoms. The Bertz CT molecular complexity index is 799. The van der Waals surface area contributed by atoms with Gasteiger partial charge >= 0.3 is 12.1 Å². The highest BCUT2D eigenvalue weighted by atomic mass is 16.5. The molecular weight excluding hydrogens is 442 g/mol. The van der Waals surface area contributed by atoms with Crippen LogP contribution >= 0.6 is 0 Å². The van der Waals surface area contributed by atoms with E-state index in [-0.39, 0.29) is 24.9 Å². The predicted octanol–water partition coefficient (Wildman–Crippen LogP) is 1.51. The summed E-state index contributed by atoms with van der Waals surface area (Å²) in [6.45, 7) is 6.96. The Morgan fingerprint density at radius 3 is 1.79 bits per heavy atom. The molecule has 0 aromatic heterocycles. The van der Waals surface area contributed by atoms with Gasteiger partial charge in [0.2, 0.25) is 11.8 Å². The summed E-state index contributed by atoms with van der Waals surface area (Å²) in [4.78, 5) is 49.8. The van der Waals surface area contributed by atoms with Crippen LogP contribution in [0.1, 0.15) is 46.1 Å². The standard InChI is InChI=1S/C24H37N3O7/c1-15(2)11-18(21(29)26-20(13-28)23(31)33-5)25-22(30)19(12-16(3)4)27-24(32)34-14-17-9-7-6-8-10-17/h6-10,15-16,18-20,28H,11-14H2,1-5H3,(H,25,30)(H,26,29)(H,27,32)/t18-,19-,20-/m1/s1. The van der Waals surface area contributed by atoms with Gasteiger partial charge in [0, 0.05) is 0 Å². The molecule has 190 valence electrons. The second-order valence-corrected chi connectivity index (χ2v) is 8.85. The Morgan fingerprint density at radius 1 is 0.824 bits per heavy atom. The second kappa shape index (κ2) is 14.9. The van der Waals surface area contributed by atoms with Crippen molar-refractivity contribution in [2.24, 2.45) is 11.8 Å². The lowest BCUT2D eigenvalue weighted by Gasteiger charge is -2.26. The zero-order chi connectivity index (χ0) is 25.7. The molecule has 0 radical (unpaired) electrons. The van der Waals surface area contributed by atoms with Gasteiger partial charge in [-0.1, -0.05) is 58.0 Å². The molecule has 0 spiro atoms. The first-order chi connectivity index (χ1) is 16.1. The van der Waals surface area contributed by atoms with E-state index in [4.69, 9.17) is 4.74 Å². The molecule has 3 atom stereocenters. The molecule has 0 saturated carbocycles. The summed E-state index contributed by atoms with van der Waals surface area (Å²) in [5.74, 6) is -1.88.